The standard InChI is InChI=1S/C14H11FN2O2/c1-17-6-5-12(16-17)14(19)10-7-9-8(13(10)18)3-2-4-11(9)15/h2-6,10H,7H2,1H3. The highest BCUT2D eigenvalue weighted by Gasteiger charge is 2.38. The highest BCUT2D eigenvalue weighted by Crippen LogP contribution is 2.30. The number of aromatic nitrogens is 2. The van der Waals surface area contributed by atoms with Crippen LogP contribution in [0.4, 0.5) is 4.39 Å². The zero-order valence-corrected chi connectivity index (χ0v) is 10.3. The Morgan fingerprint density at radius 3 is 2.84 bits per heavy atom. The monoisotopic (exact) mass is 258 g/mol. The molecule has 0 saturated carbocycles. The van der Waals surface area contributed by atoms with Crippen molar-refractivity contribution in [3.05, 3.63) is 53.1 Å². The van der Waals surface area contributed by atoms with Gasteiger partial charge in [-0.15, -0.1) is 0 Å². The summed E-state index contributed by atoms with van der Waals surface area (Å²) in [5.41, 5.74) is 0.894. The second-order valence-corrected chi connectivity index (χ2v) is 4.63. The molecular formula is C14H11FN2O2. The van der Waals surface area contributed by atoms with Crippen LogP contribution in [0.1, 0.15) is 26.4 Å². The van der Waals surface area contributed by atoms with Gasteiger partial charge in [-0.05, 0) is 24.1 Å². The highest BCUT2D eigenvalue weighted by molar-refractivity contribution is 6.18. The van der Waals surface area contributed by atoms with Gasteiger partial charge in [0.15, 0.2) is 11.6 Å². The molecule has 0 fully saturated rings. The van der Waals surface area contributed by atoms with Gasteiger partial charge >= 0.3 is 0 Å². The summed E-state index contributed by atoms with van der Waals surface area (Å²) in [6.07, 6.45) is 1.76. The van der Waals surface area contributed by atoms with Crippen molar-refractivity contribution in [1.29, 1.82) is 0 Å². The Hall–Kier alpha value is -2.30. The summed E-state index contributed by atoms with van der Waals surface area (Å²) < 4.78 is 15.1. The molecule has 4 nitrogen and oxygen atoms in total. The van der Waals surface area contributed by atoms with E-state index in [1.54, 1.807) is 25.4 Å². The third kappa shape index (κ3) is 1.78. The third-order valence-electron chi connectivity index (χ3n) is 3.39. The van der Waals surface area contributed by atoms with Crippen molar-refractivity contribution in [2.24, 2.45) is 13.0 Å². The van der Waals surface area contributed by atoms with Crippen LogP contribution in [0.15, 0.2) is 30.5 Å². The molecule has 1 aliphatic rings. The summed E-state index contributed by atoms with van der Waals surface area (Å²) in [4.78, 5) is 24.4. The third-order valence-corrected chi connectivity index (χ3v) is 3.39. The fraction of sp³-hybridized carbons (Fsp3) is 0.214. The Balaban J connectivity index is 1.96. The maximum atomic E-state index is 13.6. The lowest BCUT2D eigenvalue weighted by Crippen LogP contribution is -2.21. The van der Waals surface area contributed by atoms with E-state index in [2.05, 4.69) is 5.10 Å². The van der Waals surface area contributed by atoms with Crippen LogP contribution in [-0.4, -0.2) is 21.3 Å². The van der Waals surface area contributed by atoms with Crippen molar-refractivity contribution in [3.63, 3.8) is 0 Å². The van der Waals surface area contributed by atoms with E-state index in [-0.39, 0.29) is 23.7 Å². The summed E-state index contributed by atoms with van der Waals surface area (Å²) in [6, 6.07) is 5.92. The van der Waals surface area contributed by atoms with Gasteiger partial charge in [0.1, 0.15) is 11.5 Å². The second-order valence-electron chi connectivity index (χ2n) is 4.63. The summed E-state index contributed by atoms with van der Waals surface area (Å²) >= 11 is 0. The Labute approximate surface area is 108 Å². The van der Waals surface area contributed by atoms with E-state index in [9.17, 15) is 14.0 Å². The van der Waals surface area contributed by atoms with Crippen LogP contribution in [0.2, 0.25) is 0 Å². The molecule has 3 rings (SSSR count). The number of benzene rings is 1. The average Bonchev–Trinajstić information content (AvgIpc) is 2.95. The lowest BCUT2D eigenvalue weighted by Gasteiger charge is -2.03. The molecule has 0 amide bonds. The number of hydrogen-bond donors (Lipinski definition) is 0. The fourth-order valence-electron chi connectivity index (χ4n) is 2.42. The number of ketones is 2. The van der Waals surface area contributed by atoms with Gasteiger partial charge < -0.3 is 0 Å². The van der Waals surface area contributed by atoms with Gasteiger partial charge in [-0.1, -0.05) is 12.1 Å². The van der Waals surface area contributed by atoms with Crippen LogP contribution in [0.5, 0.6) is 0 Å². The minimum Gasteiger partial charge on any atom is -0.293 e. The minimum absolute atomic E-state index is 0.121. The molecule has 0 saturated heterocycles. The summed E-state index contributed by atoms with van der Waals surface area (Å²) in [5, 5.41) is 4.00. The molecule has 1 aromatic carbocycles. The normalized spacial score (nSPS) is 17.6. The summed E-state index contributed by atoms with van der Waals surface area (Å²) in [5.74, 6) is -1.93. The van der Waals surface area contributed by atoms with E-state index in [1.807, 2.05) is 0 Å². The SMILES string of the molecule is Cn1ccc(C(=O)C2Cc3c(F)cccc3C2=O)n1. The summed E-state index contributed by atoms with van der Waals surface area (Å²) in [6.45, 7) is 0. The number of hydrogen-bond acceptors (Lipinski definition) is 3. The molecule has 1 aromatic heterocycles. The summed E-state index contributed by atoms with van der Waals surface area (Å²) in [7, 11) is 1.70. The van der Waals surface area contributed by atoms with E-state index in [0.29, 0.717) is 11.1 Å². The van der Waals surface area contributed by atoms with Gasteiger partial charge in [-0.2, -0.15) is 5.10 Å². The molecule has 1 heterocycles. The Kier molecular flexibility index (Phi) is 2.55. The van der Waals surface area contributed by atoms with Gasteiger partial charge in [0.25, 0.3) is 0 Å². The zero-order valence-electron chi connectivity index (χ0n) is 10.3. The van der Waals surface area contributed by atoms with E-state index in [4.69, 9.17) is 0 Å². The van der Waals surface area contributed by atoms with Crippen LogP contribution in [0, 0.1) is 11.7 Å². The van der Waals surface area contributed by atoms with Crippen LogP contribution in [-0.2, 0) is 13.5 Å². The first-order valence-electron chi connectivity index (χ1n) is 5.93. The largest absolute Gasteiger partial charge is 0.293 e. The van der Waals surface area contributed by atoms with Crippen LogP contribution in [0.25, 0.3) is 0 Å². The number of rotatable bonds is 2. The molecule has 0 bridgehead atoms. The van der Waals surface area contributed by atoms with Gasteiger partial charge in [-0.3, -0.25) is 14.3 Å². The van der Waals surface area contributed by atoms with E-state index in [0.717, 1.165) is 0 Å². The molecule has 5 heteroatoms. The number of carbonyl (C=O) groups excluding carboxylic acids is 2. The van der Waals surface area contributed by atoms with Crippen molar-refractivity contribution in [2.45, 2.75) is 6.42 Å². The van der Waals surface area contributed by atoms with Crippen molar-refractivity contribution in [1.82, 2.24) is 9.78 Å². The number of carbonyl (C=O) groups is 2. The number of nitrogens with zero attached hydrogens (tertiary/aromatic N) is 2. The molecule has 19 heavy (non-hydrogen) atoms. The highest BCUT2D eigenvalue weighted by atomic mass is 19.1. The Morgan fingerprint density at radius 1 is 1.42 bits per heavy atom. The van der Waals surface area contributed by atoms with Crippen molar-refractivity contribution < 1.29 is 14.0 Å². The predicted octanol–water partition coefficient (Wildman–Crippen LogP) is 1.80. The van der Waals surface area contributed by atoms with Crippen LogP contribution < -0.4 is 0 Å². The van der Waals surface area contributed by atoms with Gasteiger partial charge in [0.2, 0.25) is 0 Å². The molecule has 0 aliphatic heterocycles. The van der Waals surface area contributed by atoms with Crippen LogP contribution >= 0.6 is 0 Å². The van der Waals surface area contributed by atoms with Crippen molar-refractivity contribution >= 4 is 11.6 Å². The predicted molar refractivity (Wildman–Crippen MR) is 65.5 cm³/mol. The first kappa shape index (κ1) is 11.8. The maximum Gasteiger partial charge on any atom is 0.194 e. The molecule has 1 aliphatic carbocycles. The van der Waals surface area contributed by atoms with Gasteiger partial charge in [0.05, 0.1) is 5.92 Å². The Bertz CT molecular complexity index is 691. The number of Topliss-reactive ketones (excluding diaryl/α,β-unsaturated/α-hetero) is 2. The minimum atomic E-state index is -0.846. The molecule has 0 N–H and O–H groups in total. The molecule has 1 atom stereocenters. The maximum absolute atomic E-state index is 13.6. The quantitative estimate of drug-likeness (QED) is 0.609. The van der Waals surface area contributed by atoms with Crippen molar-refractivity contribution in [2.75, 3.05) is 0 Å². The van der Waals surface area contributed by atoms with Crippen molar-refractivity contribution in [3.8, 4) is 0 Å². The molecule has 1 unspecified atom stereocenters. The second kappa shape index (κ2) is 4.12. The first-order valence-corrected chi connectivity index (χ1v) is 5.93. The molecule has 0 spiro atoms. The number of aryl methyl sites for hydroxylation is 1. The smallest absolute Gasteiger partial charge is 0.194 e. The lowest BCUT2D eigenvalue weighted by atomic mass is 9.97. The average molecular weight is 258 g/mol. The molecule has 96 valence electrons. The van der Waals surface area contributed by atoms with E-state index < -0.39 is 11.7 Å². The lowest BCUT2D eigenvalue weighted by molar-refractivity contribution is 0.0818. The number of fused-ring (bicyclic) bond motifs is 1. The fourth-order valence-corrected chi connectivity index (χ4v) is 2.42. The molecule has 2 aromatic rings. The van der Waals surface area contributed by atoms with Crippen LogP contribution in [0.3, 0.4) is 0 Å². The molecule has 0 radical (unpaired) electrons. The van der Waals surface area contributed by atoms with E-state index >= 15 is 0 Å². The number of halogens is 1. The van der Waals surface area contributed by atoms with Gasteiger partial charge in [0, 0.05) is 18.8 Å². The Morgan fingerprint density at radius 2 is 2.21 bits per heavy atom. The zero-order chi connectivity index (χ0) is 13.6. The van der Waals surface area contributed by atoms with E-state index in [1.165, 1.54) is 16.8 Å². The van der Waals surface area contributed by atoms with Gasteiger partial charge in [-0.25, -0.2) is 4.39 Å². The molecular weight excluding hydrogens is 247 g/mol. The topological polar surface area (TPSA) is 52.0 Å². The first-order chi connectivity index (χ1) is 9.08.